The molecule has 1 amide bonds. The van der Waals surface area contributed by atoms with E-state index in [1.54, 1.807) is 0 Å². The number of hydrogen-bond donors (Lipinski definition) is 0. The molecule has 1 aliphatic carbocycles. The van der Waals surface area contributed by atoms with Crippen molar-refractivity contribution in [3.05, 3.63) is 22.7 Å². The van der Waals surface area contributed by atoms with E-state index in [4.69, 9.17) is 21.3 Å². The smallest absolute Gasteiger partial charge is 0.231 e. The number of halogens is 1. The maximum Gasteiger partial charge on any atom is 0.231 e. The van der Waals surface area contributed by atoms with Gasteiger partial charge in [-0.2, -0.15) is 0 Å². The normalized spacial score (nSPS) is 21.3. The number of hydrogen-bond acceptors (Lipinski definition) is 4. The topological polar surface area (TPSA) is 42.4 Å². The van der Waals surface area contributed by atoms with Gasteiger partial charge in [-0.05, 0) is 44.2 Å². The van der Waals surface area contributed by atoms with Gasteiger partial charge in [-0.25, -0.2) is 4.98 Å². The summed E-state index contributed by atoms with van der Waals surface area (Å²) in [6.07, 6.45) is 6.48. The van der Waals surface area contributed by atoms with E-state index in [2.05, 4.69) is 0 Å². The number of benzene rings is 1. The van der Waals surface area contributed by atoms with Crippen molar-refractivity contribution in [1.29, 1.82) is 0 Å². The molecule has 6 heteroatoms. The van der Waals surface area contributed by atoms with Crippen molar-refractivity contribution in [3.8, 4) is 0 Å². The summed E-state index contributed by atoms with van der Waals surface area (Å²) in [6, 6.07) is 3.89. The molecule has 1 aromatic heterocycles. The zero-order chi connectivity index (χ0) is 17.4. The number of carbonyl (C=O) groups is 1. The van der Waals surface area contributed by atoms with Gasteiger partial charge in [0.15, 0.2) is 5.13 Å². The minimum atomic E-state index is 0.119. The average molecular weight is 379 g/mol. The van der Waals surface area contributed by atoms with Gasteiger partial charge >= 0.3 is 0 Å². The molecule has 2 heterocycles. The quantitative estimate of drug-likeness (QED) is 0.755. The zero-order valence-electron chi connectivity index (χ0n) is 14.5. The van der Waals surface area contributed by atoms with E-state index < -0.39 is 0 Å². The summed E-state index contributed by atoms with van der Waals surface area (Å²) in [7, 11) is 0. The predicted octanol–water partition coefficient (Wildman–Crippen LogP) is 4.96. The molecule has 1 atom stereocenters. The van der Waals surface area contributed by atoms with Crippen LogP contribution in [0.3, 0.4) is 0 Å². The van der Waals surface area contributed by atoms with Crippen LogP contribution in [0.5, 0.6) is 0 Å². The third kappa shape index (κ3) is 3.42. The fourth-order valence-electron chi connectivity index (χ4n) is 3.85. The second kappa shape index (κ2) is 7.22. The summed E-state index contributed by atoms with van der Waals surface area (Å²) in [4.78, 5) is 19.9. The number of carbonyl (C=O) groups excluding carboxylic acids is 1. The van der Waals surface area contributed by atoms with Crippen LogP contribution in [0.1, 0.15) is 44.1 Å². The Morgan fingerprint density at radius 3 is 2.80 bits per heavy atom. The van der Waals surface area contributed by atoms with Crippen LogP contribution in [-0.2, 0) is 9.53 Å². The molecule has 2 fully saturated rings. The van der Waals surface area contributed by atoms with Crippen LogP contribution >= 0.6 is 22.9 Å². The molecule has 1 aliphatic heterocycles. The highest BCUT2D eigenvalue weighted by molar-refractivity contribution is 7.23. The van der Waals surface area contributed by atoms with E-state index in [0.29, 0.717) is 11.6 Å². The summed E-state index contributed by atoms with van der Waals surface area (Å²) >= 11 is 7.89. The summed E-state index contributed by atoms with van der Waals surface area (Å²) in [5, 5.41) is 1.47. The second-order valence-electron chi connectivity index (χ2n) is 7.10. The van der Waals surface area contributed by atoms with E-state index in [0.717, 1.165) is 66.0 Å². The molecule has 1 saturated heterocycles. The molecule has 1 unspecified atom stereocenters. The van der Waals surface area contributed by atoms with E-state index >= 15 is 0 Å². The molecule has 0 bridgehead atoms. The molecule has 1 aromatic carbocycles. The van der Waals surface area contributed by atoms with Gasteiger partial charge in [-0.1, -0.05) is 41.8 Å². The molecule has 134 valence electrons. The monoisotopic (exact) mass is 378 g/mol. The minimum absolute atomic E-state index is 0.119. The van der Waals surface area contributed by atoms with Gasteiger partial charge in [-0.15, -0.1) is 0 Å². The minimum Gasteiger partial charge on any atom is -0.376 e. The van der Waals surface area contributed by atoms with Gasteiger partial charge in [0.2, 0.25) is 5.91 Å². The Kier molecular flexibility index (Phi) is 4.98. The van der Waals surface area contributed by atoms with Gasteiger partial charge in [0, 0.05) is 12.5 Å². The Bertz CT molecular complexity index is 740. The molecular weight excluding hydrogens is 356 g/mol. The lowest BCUT2D eigenvalue weighted by Gasteiger charge is -2.25. The summed E-state index contributed by atoms with van der Waals surface area (Å²) in [5.74, 6) is 0.339. The maximum absolute atomic E-state index is 13.2. The maximum atomic E-state index is 13.2. The highest BCUT2D eigenvalue weighted by Crippen LogP contribution is 2.37. The fourth-order valence-corrected chi connectivity index (χ4v) is 5.18. The SMILES string of the molecule is Cc1ccc(Cl)c2sc(N(CC3CCCO3)C(=O)C3CCCC3)nc12. The van der Waals surface area contributed by atoms with Crippen LogP contribution in [0.2, 0.25) is 5.02 Å². The lowest BCUT2D eigenvalue weighted by Crippen LogP contribution is -2.40. The number of aromatic nitrogens is 1. The van der Waals surface area contributed by atoms with Crippen molar-refractivity contribution in [2.45, 2.75) is 51.6 Å². The fraction of sp³-hybridized carbons (Fsp3) is 0.579. The van der Waals surface area contributed by atoms with Crippen molar-refractivity contribution in [3.63, 3.8) is 0 Å². The van der Waals surface area contributed by atoms with E-state index in [9.17, 15) is 4.79 Å². The van der Waals surface area contributed by atoms with Crippen LogP contribution in [0.15, 0.2) is 12.1 Å². The van der Waals surface area contributed by atoms with Gasteiger partial charge in [0.1, 0.15) is 0 Å². The Balaban J connectivity index is 1.70. The summed E-state index contributed by atoms with van der Waals surface area (Å²) < 4.78 is 6.76. The number of thiazole rings is 1. The summed E-state index contributed by atoms with van der Waals surface area (Å²) in [6.45, 7) is 3.43. The van der Waals surface area contributed by atoms with Crippen LogP contribution in [0.4, 0.5) is 5.13 Å². The van der Waals surface area contributed by atoms with Crippen molar-refractivity contribution >= 4 is 44.2 Å². The first-order chi connectivity index (χ1) is 12.1. The molecule has 4 nitrogen and oxygen atoms in total. The number of aryl methyl sites for hydroxylation is 1. The molecular formula is C19H23ClN2O2S. The van der Waals surface area contributed by atoms with Crippen LogP contribution in [0.25, 0.3) is 10.2 Å². The molecule has 25 heavy (non-hydrogen) atoms. The Labute approximate surface area is 157 Å². The first-order valence-electron chi connectivity index (χ1n) is 9.12. The number of amides is 1. The van der Waals surface area contributed by atoms with Crippen LogP contribution in [0, 0.1) is 12.8 Å². The number of anilines is 1. The number of ether oxygens (including phenoxy) is 1. The van der Waals surface area contributed by atoms with Gasteiger partial charge in [-0.3, -0.25) is 9.69 Å². The van der Waals surface area contributed by atoms with Crippen molar-refractivity contribution in [1.82, 2.24) is 4.98 Å². The standard InChI is InChI=1S/C19H23ClN2O2S/c1-12-8-9-15(20)17-16(12)21-19(25-17)22(11-14-7-4-10-24-14)18(23)13-5-2-3-6-13/h8-9,13-14H,2-7,10-11H2,1H3. The van der Waals surface area contributed by atoms with Gasteiger partial charge < -0.3 is 4.74 Å². The highest BCUT2D eigenvalue weighted by atomic mass is 35.5. The Morgan fingerprint density at radius 1 is 1.32 bits per heavy atom. The van der Waals surface area contributed by atoms with E-state index in [1.165, 1.54) is 11.3 Å². The summed E-state index contributed by atoms with van der Waals surface area (Å²) in [5.41, 5.74) is 2.00. The zero-order valence-corrected chi connectivity index (χ0v) is 16.0. The Hall–Kier alpha value is -1.17. The number of fused-ring (bicyclic) bond motifs is 1. The van der Waals surface area contributed by atoms with Crippen molar-refractivity contribution in [2.24, 2.45) is 5.92 Å². The van der Waals surface area contributed by atoms with Crippen molar-refractivity contribution in [2.75, 3.05) is 18.1 Å². The van der Waals surface area contributed by atoms with E-state index in [1.807, 2.05) is 24.0 Å². The number of nitrogens with zero attached hydrogens (tertiary/aromatic N) is 2. The van der Waals surface area contributed by atoms with E-state index in [-0.39, 0.29) is 17.9 Å². The lowest BCUT2D eigenvalue weighted by atomic mass is 10.1. The van der Waals surface area contributed by atoms with Crippen LogP contribution < -0.4 is 4.90 Å². The molecule has 0 radical (unpaired) electrons. The molecule has 2 aromatic rings. The van der Waals surface area contributed by atoms with Gasteiger partial charge in [0.25, 0.3) is 0 Å². The van der Waals surface area contributed by atoms with Crippen molar-refractivity contribution < 1.29 is 9.53 Å². The van der Waals surface area contributed by atoms with Crippen LogP contribution in [-0.4, -0.2) is 30.1 Å². The molecule has 1 saturated carbocycles. The third-order valence-corrected chi connectivity index (χ3v) is 6.84. The third-order valence-electron chi connectivity index (χ3n) is 5.30. The molecule has 0 N–H and O–H groups in total. The predicted molar refractivity (Wildman–Crippen MR) is 103 cm³/mol. The first-order valence-corrected chi connectivity index (χ1v) is 10.3. The number of rotatable bonds is 4. The molecule has 0 spiro atoms. The van der Waals surface area contributed by atoms with Gasteiger partial charge in [0.05, 0.1) is 27.9 Å². The lowest BCUT2D eigenvalue weighted by molar-refractivity contribution is -0.122. The second-order valence-corrected chi connectivity index (χ2v) is 8.49. The average Bonchev–Trinajstić information content (AvgIpc) is 3.36. The largest absolute Gasteiger partial charge is 0.376 e. The highest BCUT2D eigenvalue weighted by Gasteiger charge is 2.32. The first kappa shape index (κ1) is 17.3. The Morgan fingerprint density at radius 2 is 2.12 bits per heavy atom. The molecule has 4 rings (SSSR count). The molecule has 2 aliphatic rings.